The second-order valence-electron chi connectivity index (χ2n) is 4.46. The van der Waals surface area contributed by atoms with E-state index in [1.54, 1.807) is 11.1 Å². The number of rotatable bonds is 1. The van der Waals surface area contributed by atoms with Crippen molar-refractivity contribution in [2.75, 3.05) is 6.54 Å². The van der Waals surface area contributed by atoms with Gasteiger partial charge in [-0.15, -0.1) is 0 Å². The van der Waals surface area contributed by atoms with Crippen LogP contribution in [0.4, 0.5) is 0 Å². The summed E-state index contributed by atoms with van der Waals surface area (Å²) in [6.45, 7) is 2.01. The molecule has 2 aliphatic rings. The second-order valence-corrected chi connectivity index (χ2v) is 4.46. The highest BCUT2D eigenvalue weighted by molar-refractivity contribution is 5.90. The fourth-order valence-corrected chi connectivity index (χ4v) is 2.38. The lowest BCUT2D eigenvalue weighted by atomic mass is 10.2. The summed E-state index contributed by atoms with van der Waals surface area (Å²) < 4.78 is 2.05. The van der Waals surface area contributed by atoms with Crippen LogP contribution in [0, 0.1) is 0 Å². The standard InChI is InChI=1S/C11H14N4O2/c16-10-2-1-8(13-10)11(17)15-6-5-14-4-3-12-9(14)7-15/h3-4,8H,1-2,5-7H2,(H,13,16)/t8-/m0/s1. The topological polar surface area (TPSA) is 67.2 Å². The first-order valence-corrected chi connectivity index (χ1v) is 5.82. The molecular formula is C11H14N4O2. The van der Waals surface area contributed by atoms with Gasteiger partial charge in [-0.05, 0) is 6.42 Å². The summed E-state index contributed by atoms with van der Waals surface area (Å²) in [6.07, 6.45) is 4.75. The molecule has 1 saturated heterocycles. The number of aromatic nitrogens is 2. The molecule has 0 aliphatic carbocycles. The van der Waals surface area contributed by atoms with Crippen molar-refractivity contribution in [1.82, 2.24) is 19.8 Å². The molecule has 0 bridgehead atoms. The Kier molecular flexibility index (Phi) is 2.35. The number of nitrogens with zero attached hydrogens (tertiary/aromatic N) is 3. The van der Waals surface area contributed by atoms with Gasteiger partial charge in [-0.25, -0.2) is 4.98 Å². The molecule has 1 aromatic rings. The van der Waals surface area contributed by atoms with E-state index >= 15 is 0 Å². The molecule has 6 heteroatoms. The summed E-state index contributed by atoms with van der Waals surface area (Å²) in [5.41, 5.74) is 0. The average molecular weight is 234 g/mol. The quantitative estimate of drug-likeness (QED) is 0.712. The largest absolute Gasteiger partial charge is 0.344 e. The van der Waals surface area contributed by atoms with Gasteiger partial charge in [-0.3, -0.25) is 9.59 Å². The first-order chi connectivity index (χ1) is 8.24. The minimum Gasteiger partial charge on any atom is -0.344 e. The molecule has 0 saturated carbocycles. The SMILES string of the molecule is O=C1CC[C@@H](C(=O)N2CCn3ccnc3C2)N1. The number of hydrogen-bond donors (Lipinski definition) is 1. The number of imidazole rings is 1. The van der Waals surface area contributed by atoms with E-state index in [4.69, 9.17) is 0 Å². The van der Waals surface area contributed by atoms with Gasteiger partial charge in [0.15, 0.2) is 0 Å². The van der Waals surface area contributed by atoms with Crippen molar-refractivity contribution in [1.29, 1.82) is 0 Å². The van der Waals surface area contributed by atoms with E-state index in [2.05, 4.69) is 14.9 Å². The van der Waals surface area contributed by atoms with E-state index < -0.39 is 0 Å². The maximum Gasteiger partial charge on any atom is 0.245 e. The predicted octanol–water partition coefficient (Wildman–Crippen LogP) is -0.496. The zero-order valence-corrected chi connectivity index (χ0v) is 9.43. The third-order valence-corrected chi connectivity index (χ3v) is 3.35. The lowest BCUT2D eigenvalue weighted by molar-refractivity contribution is -0.135. The summed E-state index contributed by atoms with van der Waals surface area (Å²) in [5.74, 6) is 0.904. The maximum absolute atomic E-state index is 12.2. The van der Waals surface area contributed by atoms with Gasteiger partial charge < -0.3 is 14.8 Å². The van der Waals surface area contributed by atoms with Crippen molar-refractivity contribution in [3.63, 3.8) is 0 Å². The van der Waals surface area contributed by atoms with Gasteiger partial charge in [0.1, 0.15) is 11.9 Å². The smallest absolute Gasteiger partial charge is 0.245 e. The molecular weight excluding hydrogens is 220 g/mol. The number of carbonyl (C=O) groups is 2. The van der Waals surface area contributed by atoms with Crippen LogP contribution in [-0.2, 0) is 22.7 Å². The molecule has 1 fully saturated rings. The second kappa shape index (κ2) is 3.87. The van der Waals surface area contributed by atoms with Crippen molar-refractivity contribution < 1.29 is 9.59 Å². The summed E-state index contributed by atoms with van der Waals surface area (Å²) in [5, 5.41) is 2.71. The maximum atomic E-state index is 12.2. The molecule has 90 valence electrons. The molecule has 0 aromatic carbocycles. The van der Waals surface area contributed by atoms with Gasteiger partial charge in [0.25, 0.3) is 0 Å². The van der Waals surface area contributed by atoms with Gasteiger partial charge in [-0.1, -0.05) is 0 Å². The van der Waals surface area contributed by atoms with E-state index in [0.717, 1.165) is 12.4 Å². The number of hydrogen-bond acceptors (Lipinski definition) is 3. The van der Waals surface area contributed by atoms with Crippen molar-refractivity contribution in [2.24, 2.45) is 0 Å². The molecule has 0 unspecified atom stereocenters. The minimum atomic E-state index is -0.330. The molecule has 1 atom stereocenters. The lowest BCUT2D eigenvalue weighted by Crippen LogP contribution is -2.47. The van der Waals surface area contributed by atoms with E-state index in [0.29, 0.717) is 25.9 Å². The summed E-state index contributed by atoms with van der Waals surface area (Å²) >= 11 is 0. The van der Waals surface area contributed by atoms with Gasteiger partial charge >= 0.3 is 0 Å². The van der Waals surface area contributed by atoms with E-state index in [1.165, 1.54) is 0 Å². The molecule has 2 aliphatic heterocycles. The Morgan fingerprint density at radius 3 is 3.12 bits per heavy atom. The highest BCUT2D eigenvalue weighted by Crippen LogP contribution is 2.15. The zero-order valence-electron chi connectivity index (χ0n) is 9.43. The monoisotopic (exact) mass is 234 g/mol. The van der Waals surface area contributed by atoms with E-state index in [9.17, 15) is 9.59 Å². The Bertz CT molecular complexity index is 468. The number of nitrogens with one attached hydrogen (secondary N) is 1. The lowest BCUT2D eigenvalue weighted by Gasteiger charge is -2.29. The van der Waals surface area contributed by atoms with Crippen LogP contribution in [0.1, 0.15) is 18.7 Å². The van der Waals surface area contributed by atoms with Crippen molar-refractivity contribution in [3.8, 4) is 0 Å². The van der Waals surface area contributed by atoms with Crippen LogP contribution >= 0.6 is 0 Å². The van der Waals surface area contributed by atoms with Crippen LogP contribution in [-0.4, -0.2) is 38.9 Å². The van der Waals surface area contributed by atoms with Gasteiger partial charge in [-0.2, -0.15) is 0 Å². The molecule has 6 nitrogen and oxygen atoms in total. The van der Waals surface area contributed by atoms with Gasteiger partial charge in [0.2, 0.25) is 11.8 Å². The van der Waals surface area contributed by atoms with Crippen LogP contribution in [0.3, 0.4) is 0 Å². The van der Waals surface area contributed by atoms with Gasteiger partial charge in [0, 0.05) is 31.9 Å². The third kappa shape index (κ3) is 1.79. The Morgan fingerprint density at radius 2 is 2.35 bits per heavy atom. The normalized spacial score (nSPS) is 23.4. The molecule has 0 radical (unpaired) electrons. The first kappa shape index (κ1) is 10.3. The molecule has 1 N–H and O–H groups in total. The highest BCUT2D eigenvalue weighted by Gasteiger charge is 2.32. The summed E-state index contributed by atoms with van der Waals surface area (Å²) in [7, 11) is 0. The molecule has 17 heavy (non-hydrogen) atoms. The van der Waals surface area contributed by atoms with Crippen LogP contribution < -0.4 is 5.32 Å². The minimum absolute atomic E-state index is 0.0186. The first-order valence-electron chi connectivity index (χ1n) is 5.82. The molecule has 1 aromatic heterocycles. The molecule has 3 rings (SSSR count). The van der Waals surface area contributed by atoms with E-state index in [1.807, 2.05) is 6.20 Å². The predicted molar refractivity (Wildman–Crippen MR) is 58.8 cm³/mol. The molecule has 0 spiro atoms. The van der Waals surface area contributed by atoms with Crippen LogP contribution in [0.2, 0.25) is 0 Å². The van der Waals surface area contributed by atoms with Crippen molar-refractivity contribution >= 4 is 11.8 Å². The van der Waals surface area contributed by atoms with Crippen LogP contribution in [0.5, 0.6) is 0 Å². The Hall–Kier alpha value is -1.85. The Labute approximate surface area is 98.6 Å². The fourth-order valence-electron chi connectivity index (χ4n) is 2.38. The van der Waals surface area contributed by atoms with E-state index in [-0.39, 0.29) is 17.9 Å². The Balaban J connectivity index is 1.70. The highest BCUT2D eigenvalue weighted by atomic mass is 16.2. The summed E-state index contributed by atoms with van der Waals surface area (Å²) in [4.78, 5) is 29.2. The number of fused-ring (bicyclic) bond motifs is 1. The zero-order chi connectivity index (χ0) is 11.8. The fraction of sp³-hybridized carbons (Fsp3) is 0.545. The van der Waals surface area contributed by atoms with Crippen molar-refractivity contribution in [3.05, 3.63) is 18.2 Å². The molecule has 2 amide bonds. The van der Waals surface area contributed by atoms with Gasteiger partial charge in [0.05, 0.1) is 6.54 Å². The number of carbonyl (C=O) groups excluding carboxylic acids is 2. The van der Waals surface area contributed by atoms with Crippen LogP contribution in [0.15, 0.2) is 12.4 Å². The Morgan fingerprint density at radius 1 is 1.47 bits per heavy atom. The van der Waals surface area contributed by atoms with Crippen LogP contribution in [0.25, 0.3) is 0 Å². The average Bonchev–Trinajstić information content (AvgIpc) is 2.95. The summed E-state index contributed by atoms with van der Waals surface area (Å²) in [6, 6.07) is -0.330. The third-order valence-electron chi connectivity index (χ3n) is 3.35. The molecule has 3 heterocycles. The van der Waals surface area contributed by atoms with Crippen molar-refractivity contribution in [2.45, 2.75) is 32.0 Å². The number of amides is 2.